The third kappa shape index (κ3) is 424. The lowest BCUT2D eigenvalue weighted by Crippen LogP contribution is -1.72. The van der Waals surface area contributed by atoms with Crippen molar-refractivity contribution in [1.29, 1.82) is 0 Å². The predicted molar refractivity (Wildman–Crippen MR) is 59.7 cm³/mol. The lowest BCUT2D eigenvalue weighted by Gasteiger charge is -1.82. The van der Waals surface area contributed by atoms with E-state index in [0.29, 0.717) is 6.61 Å². The lowest BCUT2D eigenvalue weighted by molar-refractivity contribution is 0.161. The van der Waals surface area contributed by atoms with Crippen LogP contribution in [0.5, 0.6) is 0 Å². The molecule has 0 rings (SSSR count). The Kier molecular flexibility index (Phi) is 157. The van der Waals surface area contributed by atoms with Crippen LogP contribution in [0.3, 0.4) is 0 Å². The zero-order valence-corrected chi connectivity index (χ0v) is 9.55. The zero-order valence-electron chi connectivity index (χ0n) is 9.55. The fourth-order valence-corrected chi connectivity index (χ4v) is 0.0913. The Morgan fingerprint density at radius 3 is 1.50 bits per heavy atom. The van der Waals surface area contributed by atoms with Crippen molar-refractivity contribution in [1.82, 2.24) is 0 Å². The first-order chi connectivity index (χ1) is 5.83. The fourth-order valence-electron chi connectivity index (χ4n) is 0.0913. The summed E-state index contributed by atoms with van der Waals surface area (Å²) in [5.74, 6) is 0. The van der Waals surface area contributed by atoms with E-state index < -0.39 is 0 Å². The molecule has 2 heteroatoms. The summed E-state index contributed by atoms with van der Waals surface area (Å²) >= 11 is 0. The van der Waals surface area contributed by atoms with Crippen LogP contribution in [0.4, 0.5) is 0 Å². The topological polar surface area (TPSA) is 21.6 Å². The molecule has 0 aromatic carbocycles. The molecule has 0 saturated heterocycles. The summed E-state index contributed by atoms with van der Waals surface area (Å²) in [5.41, 5.74) is 0. The van der Waals surface area contributed by atoms with Crippen LogP contribution in [0.15, 0.2) is 17.8 Å². The summed E-state index contributed by atoms with van der Waals surface area (Å²) < 4.78 is 0. The SMILES string of the molecule is C=CC.C=NOCC.CC.CC. The minimum atomic E-state index is 0.615. The van der Waals surface area contributed by atoms with Crippen molar-refractivity contribution >= 4 is 6.72 Å². The van der Waals surface area contributed by atoms with Gasteiger partial charge in [-0.3, -0.25) is 0 Å². The van der Waals surface area contributed by atoms with E-state index in [9.17, 15) is 0 Å². The second-order valence-corrected chi connectivity index (χ2v) is 0.955. The van der Waals surface area contributed by atoms with E-state index in [2.05, 4.69) is 23.3 Å². The molecule has 2 nitrogen and oxygen atoms in total. The molecule has 0 atom stereocenters. The first-order valence-corrected chi connectivity index (χ1v) is 4.48. The van der Waals surface area contributed by atoms with E-state index in [1.807, 2.05) is 41.5 Å². The molecule has 0 radical (unpaired) electrons. The van der Waals surface area contributed by atoms with Gasteiger partial charge in [-0.15, -0.1) is 11.7 Å². The first-order valence-electron chi connectivity index (χ1n) is 4.48. The van der Waals surface area contributed by atoms with Crippen molar-refractivity contribution in [2.24, 2.45) is 5.16 Å². The van der Waals surface area contributed by atoms with E-state index >= 15 is 0 Å². The first kappa shape index (κ1) is 22.5. The van der Waals surface area contributed by atoms with Crippen LogP contribution in [-0.2, 0) is 4.84 Å². The van der Waals surface area contributed by atoms with Gasteiger partial charge in [0.05, 0.1) is 0 Å². The van der Waals surface area contributed by atoms with Crippen LogP contribution in [0.1, 0.15) is 41.5 Å². The number of hydrogen-bond acceptors (Lipinski definition) is 2. The lowest BCUT2D eigenvalue weighted by atomic mass is 10.8. The van der Waals surface area contributed by atoms with Gasteiger partial charge in [-0.05, 0) is 13.8 Å². The highest BCUT2D eigenvalue weighted by molar-refractivity contribution is 5.21. The Morgan fingerprint density at radius 1 is 1.25 bits per heavy atom. The summed E-state index contributed by atoms with van der Waals surface area (Å²) in [6, 6.07) is 0. The number of hydrogen-bond donors (Lipinski definition) is 0. The van der Waals surface area contributed by atoms with E-state index in [0.717, 1.165) is 0 Å². The van der Waals surface area contributed by atoms with Crippen LogP contribution in [0.25, 0.3) is 0 Å². The molecule has 0 fully saturated rings. The molecule has 0 aromatic heterocycles. The van der Waals surface area contributed by atoms with Gasteiger partial charge in [0, 0.05) is 6.72 Å². The quantitative estimate of drug-likeness (QED) is 0.354. The zero-order chi connectivity index (χ0) is 10.8. The number of oxime groups is 1. The average Bonchev–Trinajstić information content (AvgIpc) is 2.14. The smallest absolute Gasteiger partial charge is 0.114 e. The number of allylic oxidation sites excluding steroid dienone is 1. The maximum Gasteiger partial charge on any atom is 0.114 e. The van der Waals surface area contributed by atoms with E-state index in [1.165, 1.54) is 0 Å². The Bertz CT molecular complexity index is 53.8. The third-order valence-corrected chi connectivity index (χ3v) is 0.220. The second kappa shape index (κ2) is 84.0. The maximum atomic E-state index is 4.35. The molecule has 0 aliphatic rings. The predicted octanol–water partition coefficient (Wildman–Crippen LogP) is 3.88. The molecule has 0 amide bonds. The van der Waals surface area contributed by atoms with Crippen molar-refractivity contribution in [3.63, 3.8) is 0 Å². The van der Waals surface area contributed by atoms with Gasteiger partial charge < -0.3 is 4.84 Å². The van der Waals surface area contributed by atoms with Crippen LogP contribution < -0.4 is 0 Å². The van der Waals surface area contributed by atoms with Crippen molar-refractivity contribution in [2.75, 3.05) is 6.61 Å². The highest BCUT2D eigenvalue weighted by Gasteiger charge is 1.57. The molecule has 0 unspecified atom stereocenters. The summed E-state index contributed by atoms with van der Waals surface area (Å²) in [6.07, 6.45) is 1.75. The average molecular weight is 175 g/mol. The standard InChI is InChI=1S/C3H7NO.C3H6.2C2H6/c1-3-5-4-2;1-3-2;2*1-2/h2-3H2,1H3;3H,1H2,2H3;2*1-2H3. The molecule has 0 aromatic rings. The molecule has 0 aliphatic carbocycles. The fraction of sp³-hybridized carbons (Fsp3) is 0.700. The summed E-state index contributed by atoms with van der Waals surface area (Å²) in [6.45, 7) is 18.8. The van der Waals surface area contributed by atoms with E-state index in [-0.39, 0.29) is 0 Å². The van der Waals surface area contributed by atoms with Gasteiger partial charge >= 0.3 is 0 Å². The van der Waals surface area contributed by atoms with Gasteiger partial charge in [0.2, 0.25) is 0 Å². The number of nitrogens with zero attached hydrogens (tertiary/aromatic N) is 1. The summed E-state index contributed by atoms with van der Waals surface area (Å²) in [5, 5.41) is 3.10. The van der Waals surface area contributed by atoms with Gasteiger partial charge in [0.1, 0.15) is 6.61 Å². The maximum absolute atomic E-state index is 4.35. The number of rotatable bonds is 2. The molecule has 0 aliphatic heterocycles. The van der Waals surface area contributed by atoms with Crippen LogP contribution in [0.2, 0.25) is 0 Å². The van der Waals surface area contributed by atoms with Gasteiger partial charge in [0.15, 0.2) is 0 Å². The Morgan fingerprint density at radius 2 is 1.50 bits per heavy atom. The second-order valence-electron chi connectivity index (χ2n) is 0.955. The van der Waals surface area contributed by atoms with Crippen molar-refractivity contribution in [3.05, 3.63) is 12.7 Å². The normalized spacial score (nSPS) is 4.83. The minimum Gasteiger partial charge on any atom is -0.397 e. The van der Waals surface area contributed by atoms with E-state index in [1.54, 1.807) is 6.08 Å². The van der Waals surface area contributed by atoms with Crippen LogP contribution in [-0.4, -0.2) is 13.3 Å². The largest absolute Gasteiger partial charge is 0.397 e. The van der Waals surface area contributed by atoms with E-state index in [4.69, 9.17) is 0 Å². The Balaban J connectivity index is -0.0000000397. The molecule has 0 heterocycles. The monoisotopic (exact) mass is 175 g/mol. The van der Waals surface area contributed by atoms with Gasteiger partial charge in [-0.25, -0.2) is 0 Å². The highest BCUT2D eigenvalue weighted by atomic mass is 16.6. The molecule has 0 bridgehead atoms. The molecule has 76 valence electrons. The summed E-state index contributed by atoms with van der Waals surface area (Å²) in [4.78, 5) is 4.35. The van der Waals surface area contributed by atoms with Crippen LogP contribution in [0, 0.1) is 0 Å². The van der Waals surface area contributed by atoms with Gasteiger partial charge in [-0.1, -0.05) is 33.8 Å². The van der Waals surface area contributed by atoms with Crippen LogP contribution >= 0.6 is 0 Å². The van der Waals surface area contributed by atoms with Crippen molar-refractivity contribution in [2.45, 2.75) is 41.5 Å². The minimum absolute atomic E-state index is 0.615. The van der Waals surface area contributed by atoms with Gasteiger partial charge in [0.25, 0.3) is 0 Å². The Hall–Kier alpha value is -0.790. The molecule has 12 heavy (non-hydrogen) atoms. The van der Waals surface area contributed by atoms with Gasteiger partial charge in [-0.2, -0.15) is 0 Å². The Labute approximate surface area is 78.3 Å². The van der Waals surface area contributed by atoms with Crippen molar-refractivity contribution in [3.8, 4) is 0 Å². The molecule has 0 N–H and O–H groups in total. The molecular weight excluding hydrogens is 150 g/mol. The summed E-state index contributed by atoms with van der Waals surface area (Å²) in [7, 11) is 0. The third-order valence-electron chi connectivity index (χ3n) is 0.220. The van der Waals surface area contributed by atoms with Crippen molar-refractivity contribution < 1.29 is 4.84 Å². The molecular formula is C10H25NO. The highest BCUT2D eigenvalue weighted by Crippen LogP contribution is 1.63. The molecule has 0 spiro atoms. The molecule has 0 saturated carbocycles.